The van der Waals surface area contributed by atoms with Crippen molar-refractivity contribution in [3.8, 4) is 17.2 Å². The molecule has 3 heterocycles. The number of nitrogens with zero attached hydrogens (tertiary/aromatic N) is 1. The Labute approximate surface area is 159 Å². The highest BCUT2D eigenvalue weighted by Gasteiger charge is 2.17. The number of carbonyl (C=O) groups is 1. The zero-order valence-electron chi connectivity index (χ0n) is 14.6. The van der Waals surface area contributed by atoms with Crippen molar-refractivity contribution < 1.29 is 23.4 Å². The molecule has 0 spiro atoms. The Morgan fingerprint density at radius 1 is 1.33 bits per heavy atom. The average molecular weight is 386 g/mol. The first-order chi connectivity index (χ1) is 13.2. The highest BCUT2D eigenvalue weighted by Crippen LogP contribution is 2.35. The Morgan fingerprint density at radius 3 is 3.07 bits per heavy atom. The van der Waals surface area contributed by atoms with Crippen LogP contribution in [0.1, 0.15) is 28.9 Å². The first kappa shape index (κ1) is 17.4. The number of aromatic nitrogens is 1. The van der Waals surface area contributed by atoms with E-state index in [2.05, 4.69) is 21.7 Å². The molecule has 7 nitrogen and oxygen atoms in total. The Balaban J connectivity index is 1.30. The van der Waals surface area contributed by atoms with Crippen LogP contribution in [0.15, 0.2) is 45.7 Å². The summed E-state index contributed by atoms with van der Waals surface area (Å²) in [5, 5.41) is 7.02. The Morgan fingerprint density at radius 2 is 2.22 bits per heavy atom. The fourth-order valence-electron chi connectivity index (χ4n) is 2.70. The van der Waals surface area contributed by atoms with Crippen LogP contribution in [0.5, 0.6) is 17.2 Å². The highest BCUT2D eigenvalue weighted by molar-refractivity contribution is 7.07. The number of thiophene rings is 1. The zero-order valence-corrected chi connectivity index (χ0v) is 15.5. The number of rotatable bonds is 7. The largest absolute Gasteiger partial charge is 0.484 e. The van der Waals surface area contributed by atoms with Crippen LogP contribution in [-0.4, -0.2) is 23.7 Å². The van der Waals surface area contributed by atoms with Crippen LogP contribution >= 0.6 is 11.3 Å². The summed E-state index contributed by atoms with van der Waals surface area (Å²) in [5.74, 6) is 1.99. The van der Waals surface area contributed by atoms with Gasteiger partial charge in [-0.2, -0.15) is 11.3 Å². The van der Waals surface area contributed by atoms with E-state index in [-0.39, 0.29) is 31.0 Å². The van der Waals surface area contributed by atoms with E-state index in [1.54, 1.807) is 29.5 Å². The normalized spacial score (nSPS) is 13.4. The van der Waals surface area contributed by atoms with Crippen molar-refractivity contribution in [3.63, 3.8) is 0 Å². The van der Waals surface area contributed by atoms with E-state index in [4.69, 9.17) is 18.6 Å². The minimum atomic E-state index is -0.268. The molecule has 0 saturated heterocycles. The molecule has 1 atom stereocenters. The smallest absolute Gasteiger partial charge is 0.273 e. The predicted molar refractivity (Wildman–Crippen MR) is 98.4 cm³/mol. The third kappa shape index (κ3) is 4.22. The van der Waals surface area contributed by atoms with Crippen molar-refractivity contribution in [2.24, 2.45) is 0 Å². The molecule has 0 fully saturated rings. The molecule has 1 aliphatic heterocycles. The maximum absolute atomic E-state index is 12.3. The fraction of sp³-hybridized carbons (Fsp3) is 0.263. The minimum absolute atomic E-state index is 0.00265. The second-order valence-electron chi connectivity index (χ2n) is 6.14. The van der Waals surface area contributed by atoms with Crippen molar-refractivity contribution in [2.45, 2.75) is 26.0 Å². The van der Waals surface area contributed by atoms with Gasteiger partial charge in [-0.3, -0.25) is 4.79 Å². The Hall–Kier alpha value is -3.00. The monoisotopic (exact) mass is 386 g/mol. The van der Waals surface area contributed by atoms with Crippen molar-refractivity contribution in [2.75, 3.05) is 6.79 Å². The summed E-state index contributed by atoms with van der Waals surface area (Å²) in [4.78, 5) is 16.5. The third-order valence-corrected chi connectivity index (χ3v) is 4.72. The molecule has 0 unspecified atom stereocenters. The van der Waals surface area contributed by atoms with E-state index in [1.807, 2.05) is 12.3 Å². The van der Waals surface area contributed by atoms with Gasteiger partial charge in [-0.1, -0.05) is 0 Å². The Kier molecular flexibility index (Phi) is 4.97. The number of nitrogens with one attached hydrogen (secondary N) is 1. The molecule has 4 rings (SSSR count). The van der Waals surface area contributed by atoms with Crippen LogP contribution in [0.3, 0.4) is 0 Å². The number of hydrogen-bond donors (Lipinski definition) is 1. The molecule has 140 valence electrons. The van der Waals surface area contributed by atoms with Crippen LogP contribution in [-0.2, 0) is 13.0 Å². The van der Waals surface area contributed by atoms with Crippen LogP contribution < -0.4 is 19.5 Å². The minimum Gasteiger partial charge on any atom is -0.484 e. The van der Waals surface area contributed by atoms with E-state index in [0.29, 0.717) is 23.1 Å². The van der Waals surface area contributed by atoms with Crippen molar-refractivity contribution in [1.82, 2.24) is 10.3 Å². The van der Waals surface area contributed by atoms with Gasteiger partial charge in [-0.05, 0) is 47.9 Å². The topological polar surface area (TPSA) is 82.8 Å². The first-order valence-corrected chi connectivity index (χ1v) is 9.40. The second kappa shape index (κ2) is 7.71. The lowest BCUT2D eigenvalue weighted by molar-refractivity contribution is 0.0935. The van der Waals surface area contributed by atoms with E-state index >= 15 is 0 Å². The summed E-state index contributed by atoms with van der Waals surface area (Å²) in [6.07, 6.45) is 2.11. The summed E-state index contributed by atoms with van der Waals surface area (Å²) in [7, 11) is 0. The number of benzene rings is 1. The molecule has 8 heteroatoms. The lowest BCUT2D eigenvalue weighted by Crippen LogP contribution is -2.34. The molecule has 1 aliphatic rings. The number of amides is 1. The third-order valence-electron chi connectivity index (χ3n) is 3.99. The van der Waals surface area contributed by atoms with E-state index in [0.717, 1.165) is 6.42 Å². The number of oxazole rings is 1. The molecular weight excluding hydrogens is 368 g/mol. The average Bonchev–Trinajstić information content (AvgIpc) is 3.40. The van der Waals surface area contributed by atoms with Crippen LogP contribution in [0.2, 0.25) is 0 Å². The van der Waals surface area contributed by atoms with Crippen LogP contribution in [0.4, 0.5) is 0 Å². The summed E-state index contributed by atoms with van der Waals surface area (Å²) >= 11 is 1.64. The summed E-state index contributed by atoms with van der Waals surface area (Å²) < 4.78 is 21.5. The lowest BCUT2D eigenvalue weighted by atomic mass is 10.1. The molecular formula is C19H18N2O5S. The molecule has 3 aromatic rings. The Bertz CT molecular complexity index is 922. The van der Waals surface area contributed by atoms with Gasteiger partial charge in [0, 0.05) is 12.1 Å². The van der Waals surface area contributed by atoms with Crippen molar-refractivity contribution in [1.29, 1.82) is 0 Å². The zero-order chi connectivity index (χ0) is 18.6. The van der Waals surface area contributed by atoms with Gasteiger partial charge in [0.1, 0.15) is 12.0 Å². The SMILES string of the molecule is C[C@@H](Cc1ccsc1)NC(=O)c1coc(COc2ccc3c(c2)OCO3)n1. The van der Waals surface area contributed by atoms with Gasteiger partial charge in [0.25, 0.3) is 5.91 Å². The maximum atomic E-state index is 12.3. The van der Waals surface area contributed by atoms with Gasteiger partial charge in [-0.15, -0.1) is 0 Å². The summed E-state index contributed by atoms with van der Waals surface area (Å²) in [5.41, 5.74) is 1.43. The van der Waals surface area contributed by atoms with Gasteiger partial charge < -0.3 is 23.9 Å². The van der Waals surface area contributed by atoms with Gasteiger partial charge in [-0.25, -0.2) is 4.98 Å². The quantitative estimate of drug-likeness (QED) is 0.670. The molecule has 1 amide bonds. The fourth-order valence-corrected chi connectivity index (χ4v) is 3.39. The highest BCUT2D eigenvalue weighted by atomic mass is 32.1. The molecule has 27 heavy (non-hydrogen) atoms. The number of ether oxygens (including phenoxy) is 3. The van der Waals surface area contributed by atoms with E-state index in [9.17, 15) is 4.79 Å². The summed E-state index contributed by atoms with van der Waals surface area (Å²) in [6, 6.07) is 7.34. The van der Waals surface area contributed by atoms with Gasteiger partial charge >= 0.3 is 0 Å². The molecule has 0 aliphatic carbocycles. The number of hydrogen-bond acceptors (Lipinski definition) is 7. The molecule has 1 aromatic carbocycles. The van der Waals surface area contributed by atoms with Crippen LogP contribution in [0, 0.1) is 0 Å². The second-order valence-corrected chi connectivity index (χ2v) is 6.92. The van der Waals surface area contributed by atoms with Gasteiger partial charge in [0.2, 0.25) is 12.7 Å². The molecule has 2 aromatic heterocycles. The number of carbonyl (C=O) groups excluding carboxylic acids is 1. The van der Waals surface area contributed by atoms with Crippen molar-refractivity contribution >= 4 is 17.2 Å². The maximum Gasteiger partial charge on any atom is 0.273 e. The standard InChI is InChI=1S/C19H18N2O5S/c1-12(6-13-4-5-27-10-13)20-19(22)15-8-24-18(21-15)9-23-14-2-3-16-17(7-14)26-11-25-16/h2-5,7-8,10,12H,6,9,11H2,1H3,(H,20,22)/t12-/m0/s1. The predicted octanol–water partition coefficient (Wildman–Crippen LogP) is 3.40. The summed E-state index contributed by atoms with van der Waals surface area (Å²) in [6.45, 7) is 2.28. The van der Waals surface area contributed by atoms with E-state index < -0.39 is 0 Å². The lowest BCUT2D eigenvalue weighted by Gasteiger charge is -2.11. The first-order valence-electron chi connectivity index (χ1n) is 8.46. The van der Waals surface area contributed by atoms with Crippen molar-refractivity contribution in [3.05, 3.63) is 58.4 Å². The van der Waals surface area contributed by atoms with Gasteiger partial charge in [0.05, 0.1) is 0 Å². The van der Waals surface area contributed by atoms with Crippen LogP contribution in [0.25, 0.3) is 0 Å². The molecule has 0 radical (unpaired) electrons. The molecule has 0 bridgehead atoms. The molecule has 0 saturated carbocycles. The van der Waals surface area contributed by atoms with Gasteiger partial charge in [0.15, 0.2) is 23.8 Å². The molecule has 1 N–H and O–H groups in total. The number of fused-ring (bicyclic) bond motifs is 1. The van der Waals surface area contributed by atoms with E-state index in [1.165, 1.54) is 11.8 Å².